The number of pyridine rings is 1. The van der Waals surface area contributed by atoms with Gasteiger partial charge < -0.3 is 10.3 Å². The summed E-state index contributed by atoms with van der Waals surface area (Å²) in [6, 6.07) is 5.80. The molecular formula is C13H18N4O. The smallest absolute Gasteiger partial charge is 0.226 e. The van der Waals surface area contributed by atoms with Crippen LogP contribution in [-0.2, 0) is 12.8 Å². The van der Waals surface area contributed by atoms with E-state index in [2.05, 4.69) is 15.1 Å². The highest BCUT2D eigenvalue weighted by atomic mass is 16.5. The van der Waals surface area contributed by atoms with Crippen molar-refractivity contribution in [1.82, 2.24) is 15.1 Å². The fraction of sp³-hybridized carbons (Fsp3) is 0.462. The Labute approximate surface area is 106 Å². The van der Waals surface area contributed by atoms with Crippen LogP contribution in [0, 0.1) is 0 Å². The van der Waals surface area contributed by atoms with E-state index in [9.17, 15) is 0 Å². The van der Waals surface area contributed by atoms with Crippen LogP contribution in [0.25, 0.3) is 0 Å². The molecule has 0 aliphatic rings. The Balaban J connectivity index is 1.83. The molecule has 0 saturated carbocycles. The van der Waals surface area contributed by atoms with E-state index >= 15 is 0 Å². The molecule has 0 aromatic carbocycles. The first-order valence-electron chi connectivity index (χ1n) is 6.30. The number of unbranched alkanes of at least 4 members (excludes halogenated alkanes) is 2. The first kappa shape index (κ1) is 12.7. The number of aromatic nitrogens is 3. The largest absolute Gasteiger partial charge is 0.339 e. The molecule has 0 aliphatic carbocycles. The third-order valence-corrected chi connectivity index (χ3v) is 2.67. The summed E-state index contributed by atoms with van der Waals surface area (Å²) in [6.07, 6.45) is 6.41. The molecule has 0 fully saturated rings. The minimum atomic E-state index is 0.618. The third-order valence-electron chi connectivity index (χ3n) is 2.67. The van der Waals surface area contributed by atoms with Crippen molar-refractivity contribution in [1.29, 1.82) is 0 Å². The van der Waals surface area contributed by atoms with Crippen molar-refractivity contribution in [2.45, 2.75) is 32.1 Å². The van der Waals surface area contributed by atoms with E-state index in [1.165, 1.54) is 0 Å². The van der Waals surface area contributed by atoms with Crippen LogP contribution in [0.3, 0.4) is 0 Å². The number of nitrogens with zero attached hydrogens (tertiary/aromatic N) is 3. The lowest BCUT2D eigenvalue weighted by atomic mass is 10.2. The Morgan fingerprint density at radius 1 is 1.17 bits per heavy atom. The van der Waals surface area contributed by atoms with E-state index in [4.69, 9.17) is 10.3 Å². The molecule has 0 spiro atoms. The fourth-order valence-electron chi connectivity index (χ4n) is 1.73. The van der Waals surface area contributed by atoms with Crippen molar-refractivity contribution in [3.8, 4) is 0 Å². The molecule has 2 aromatic heterocycles. The maximum atomic E-state index is 5.44. The zero-order valence-corrected chi connectivity index (χ0v) is 10.4. The number of hydrogen-bond acceptors (Lipinski definition) is 5. The van der Waals surface area contributed by atoms with Crippen LogP contribution in [-0.4, -0.2) is 21.7 Å². The molecule has 0 atom stereocenters. The van der Waals surface area contributed by atoms with Crippen molar-refractivity contribution in [2.75, 3.05) is 6.54 Å². The molecular weight excluding hydrogens is 228 g/mol. The fourth-order valence-corrected chi connectivity index (χ4v) is 1.73. The summed E-state index contributed by atoms with van der Waals surface area (Å²) in [4.78, 5) is 8.59. The third kappa shape index (κ3) is 3.92. The van der Waals surface area contributed by atoms with Gasteiger partial charge in [-0.3, -0.25) is 4.98 Å². The maximum Gasteiger partial charge on any atom is 0.226 e. The second kappa shape index (κ2) is 6.86. The molecule has 96 valence electrons. The highest BCUT2D eigenvalue weighted by Crippen LogP contribution is 2.07. The molecule has 2 N–H and O–H groups in total. The van der Waals surface area contributed by atoms with E-state index in [1.54, 1.807) is 6.20 Å². The van der Waals surface area contributed by atoms with Gasteiger partial charge in [-0.2, -0.15) is 4.98 Å². The van der Waals surface area contributed by atoms with Crippen LogP contribution in [0.2, 0.25) is 0 Å². The predicted octanol–water partition coefficient (Wildman–Crippen LogP) is 1.73. The average Bonchev–Trinajstić information content (AvgIpc) is 2.84. The molecule has 0 amide bonds. The molecule has 2 heterocycles. The predicted molar refractivity (Wildman–Crippen MR) is 68.0 cm³/mol. The zero-order chi connectivity index (χ0) is 12.6. The van der Waals surface area contributed by atoms with Crippen LogP contribution < -0.4 is 5.73 Å². The van der Waals surface area contributed by atoms with Crippen molar-refractivity contribution < 1.29 is 4.52 Å². The molecule has 0 unspecified atom stereocenters. The van der Waals surface area contributed by atoms with Crippen molar-refractivity contribution in [3.05, 3.63) is 41.8 Å². The Morgan fingerprint density at radius 3 is 2.89 bits per heavy atom. The quantitative estimate of drug-likeness (QED) is 0.753. The van der Waals surface area contributed by atoms with Crippen LogP contribution in [0.1, 0.15) is 36.7 Å². The number of hydrogen-bond donors (Lipinski definition) is 1. The summed E-state index contributed by atoms with van der Waals surface area (Å²) in [6.45, 7) is 0.745. The van der Waals surface area contributed by atoms with Gasteiger partial charge >= 0.3 is 0 Å². The summed E-state index contributed by atoms with van der Waals surface area (Å²) in [7, 11) is 0. The number of nitrogens with two attached hydrogens (primary N) is 1. The van der Waals surface area contributed by atoms with Crippen molar-refractivity contribution in [2.24, 2.45) is 5.73 Å². The molecule has 0 bridgehead atoms. The van der Waals surface area contributed by atoms with Crippen LogP contribution in [0.4, 0.5) is 0 Å². The second-order valence-corrected chi connectivity index (χ2v) is 4.20. The van der Waals surface area contributed by atoms with Gasteiger partial charge in [0.1, 0.15) is 0 Å². The standard InChI is InChI=1S/C13H18N4O/c14-8-4-1-2-7-13-16-12(17-18-13)10-11-6-3-5-9-15-11/h3,5-6,9H,1-2,4,7-8,10,14H2. The molecule has 2 aromatic rings. The minimum absolute atomic E-state index is 0.618. The summed E-state index contributed by atoms with van der Waals surface area (Å²) in [5.41, 5.74) is 6.39. The first-order chi connectivity index (χ1) is 8.88. The van der Waals surface area contributed by atoms with E-state index < -0.39 is 0 Å². The van der Waals surface area contributed by atoms with E-state index in [0.717, 1.165) is 37.9 Å². The van der Waals surface area contributed by atoms with Crippen molar-refractivity contribution >= 4 is 0 Å². The van der Waals surface area contributed by atoms with Gasteiger partial charge in [0.05, 0.1) is 6.42 Å². The SMILES string of the molecule is NCCCCCc1nc(Cc2ccccn2)no1. The highest BCUT2D eigenvalue weighted by Gasteiger charge is 2.07. The van der Waals surface area contributed by atoms with Gasteiger partial charge in [-0.15, -0.1) is 0 Å². The van der Waals surface area contributed by atoms with Gasteiger partial charge in [-0.1, -0.05) is 17.6 Å². The minimum Gasteiger partial charge on any atom is -0.339 e. The Morgan fingerprint density at radius 2 is 2.11 bits per heavy atom. The van der Waals surface area contributed by atoms with Gasteiger partial charge in [0.25, 0.3) is 0 Å². The van der Waals surface area contributed by atoms with Gasteiger partial charge in [-0.25, -0.2) is 0 Å². The molecule has 5 heteroatoms. The Hall–Kier alpha value is -1.75. The second-order valence-electron chi connectivity index (χ2n) is 4.20. The van der Waals surface area contributed by atoms with Gasteiger partial charge in [0.2, 0.25) is 5.89 Å². The van der Waals surface area contributed by atoms with Crippen LogP contribution in [0.15, 0.2) is 28.9 Å². The van der Waals surface area contributed by atoms with Crippen LogP contribution in [0.5, 0.6) is 0 Å². The van der Waals surface area contributed by atoms with Gasteiger partial charge in [-0.05, 0) is 31.5 Å². The van der Waals surface area contributed by atoms with Crippen molar-refractivity contribution in [3.63, 3.8) is 0 Å². The molecule has 0 radical (unpaired) electrons. The summed E-state index contributed by atoms with van der Waals surface area (Å²) in [5, 5.41) is 3.96. The first-order valence-corrected chi connectivity index (χ1v) is 6.30. The summed E-state index contributed by atoms with van der Waals surface area (Å²) < 4.78 is 5.20. The van der Waals surface area contributed by atoms with E-state index in [0.29, 0.717) is 18.1 Å². The van der Waals surface area contributed by atoms with Crippen LogP contribution >= 0.6 is 0 Å². The van der Waals surface area contributed by atoms with E-state index in [1.807, 2.05) is 18.2 Å². The van der Waals surface area contributed by atoms with Gasteiger partial charge in [0.15, 0.2) is 5.82 Å². The maximum absolute atomic E-state index is 5.44. The lowest BCUT2D eigenvalue weighted by Gasteiger charge is -1.94. The Bertz CT molecular complexity index is 455. The monoisotopic (exact) mass is 246 g/mol. The molecule has 5 nitrogen and oxygen atoms in total. The zero-order valence-electron chi connectivity index (χ0n) is 10.4. The topological polar surface area (TPSA) is 77.8 Å². The molecule has 18 heavy (non-hydrogen) atoms. The normalized spacial score (nSPS) is 10.7. The lowest BCUT2D eigenvalue weighted by Crippen LogP contribution is -1.98. The van der Waals surface area contributed by atoms with E-state index in [-0.39, 0.29) is 0 Å². The average molecular weight is 246 g/mol. The summed E-state index contributed by atoms with van der Waals surface area (Å²) in [5.74, 6) is 1.40. The Kier molecular flexibility index (Phi) is 4.84. The molecule has 0 aliphatic heterocycles. The number of rotatable bonds is 7. The molecule has 0 saturated heterocycles. The molecule has 2 rings (SSSR count). The summed E-state index contributed by atoms with van der Waals surface area (Å²) >= 11 is 0. The number of aryl methyl sites for hydroxylation is 1. The highest BCUT2D eigenvalue weighted by molar-refractivity contribution is 5.09. The lowest BCUT2D eigenvalue weighted by molar-refractivity contribution is 0.369. The van der Waals surface area contributed by atoms with Gasteiger partial charge in [0, 0.05) is 18.3 Å².